The van der Waals surface area contributed by atoms with Crippen molar-refractivity contribution < 1.29 is 23.4 Å². The van der Waals surface area contributed by atoms with Gasteiger partial charge in [0.1, 0.15) is 18.2 Å². The van der Waals surface area contributed by atoms with Crippen LogP contribution in [0.1, 0.15) is 27.2 Å². The van der Waals surface area contributed by atoms with E-state index in [0.29, 0.717) is 56.5 Å². The van der Waals surface area contributed by atoms with E-state index in [-0.39, 0.29) is 17.5 Å². The number of morpholine rings is 1. The molecule has 2 rings (SSSR count). The van der Waals surface area contributed by atoms with Crippen molar-refractivity contribution in [2.45, 2.75) is 51.4 Å². The molecule has 1 aliphatic rings. The number of halogens is 1. The Balaban J connectivity index is 1.94. The van der Waals surface area contributed by atoms with Gasteiger partial charge in [-0.25, -0.2) is 4.39 Å². The third-order valence-electron chi connectivity index (χ3n) is 5.82. The van der Waals surface area contributed by atoms with Gasteiger partial charge in [-0.05, 0) is 24.6 Å². The minimum Gasteiger partial charge on any atom is -0.489 e. The van der Waals surface area contributed by atoms with Crippen molar-refractivity contribution in [3.05, 3.63) is 17.9 Å². The summed E-state index contributed by atoms with van der Waals surface area (Å²) in [6.07, 6.45) is -0.153. The van der Waals surface area contributed by atoms with Gasteiger partial charge >= 0.3 is 0 Å². The molecule has 0 amide bonds. The van der Waals surface area contributed by atoms with Crippen molar-refractivity contribution >= 4 is 19.7 Å². The smallest absolute Gasteiger partial charge is 0.191 e. The molecule has 1 aliphatic heterocycles. The van der Waals surface area contributed by atoms with Gasteiger partial charge in [0.25, 0.3) is 0 Å². The number of ether oxygens (including phenoxy) is 2. The fourth-order valence-corrected chi connectivity index (χ4v) is 3.90. The second kappa shape index (κ2) is 10.1. The van der Waals surface area contributed by atoms with Gasteiger partial charge in [-0.3, -0.25) is 0 Å². The van der Waals surface area contributed by atoms with E-state index in [1.165, 1.54) is 6.07 Å². The predicted molar refractivity (Wildman–Crippen MR) is 118 cm³/mol. The molecular formula is C21H37FN2O4Si. The lowest BCUT2D eigenvalue weighted by Crippen LogP contribution is -2.41. The molecule has 8 heteroatoms. The van der Waals surface area contributed by atoms with Crippen LogP contribution in [-0.4, -0.2) is 66.1 Å². The highest BCUT2D eigenvalue weighted by atomic mass is 28.4. The van der Waals surface area contributed by atoms with Crippen molar-refractivity contribution in [2.24, 2.45) is 0 Å². The number of benzene rings is 1. The van der Waals surface area contributed by atoms with Crippen LogP contribution < -0.4 is 15.0 Å². The van der Waals surface area contributed by atoms with E-state index >= 15 is 0 Å². The lowest BCUT2D eigenvalue weighted by atomic mass is 10.2. The van der Waals surface area contributed by atoms with E-state index in [2.05, 4.69) is 39.2 Å². The van der Waals surface area contributed by atoms with Gasteiger partial charge < -0.3 is 29.2 Å². The van der Waals surface area contributed by atoms with E-state index in [4.69, 9.17) is 13.9 Å². The van der Waals surface area contributed by atoms with E-state index < -0.39 is 14.4 Å². The van der Waals surface area contributed by atoms with Crippen LogP contribution in [-0.2, 0) is 9.16 Å². The van der Waals surface area contributed by atoms with Crippen LogP contribution in [0.15, 0.2) is 12.1 Å². The zero-order valence-corrected chi connectivity index (χ0v) is 19.7. The molecule has 1 saturated heterocycles. The third kappa shape index (κ3) is 6.57. The first-order chi connectivity index (χ1) is 13.5. The predicted octanol–water partition coefficient (Wildman–Crippen LogP) is 3.86. The van der Waals surface area contributed by atoms with E-state index in [9.17, 15) is 9.50 Å². The molecule has 1 aromatic rings. The van der Waals surface area contributed by atoms with Gasteiger partial charge in [-0.2, -0.15) is 0 Å². The lowest BCUT2D eigenvalue weighted by Gasteiger charge is -2.36. The first-order valence-corrected chi connectivity index (χ1v) is 13.2. The highest BCUT2D eigenvalue weighted by Gasteiger charge is 2.37. The molecule has 166 valence electrons. The Hall–Kier alpha value is -1.35. The normalized spacial score (nSPS) is 16.6. The van der Waals surface area contributed by atoms with E-state index in [0.717, 1.165) is 0 Å². The molecule has 2 N–H and O–H groups in total. The first-order valence-electron chi connectivity index (χ1n) is 10.3. The summed E-state index contributed by atoms with van der Waals surface area (Å²) in [7, 11) is -0.104. The quantitative estimate of drug-likeness (QED) is 0.583. The summed E-state index contributed by atoms with van der Waals surface area (Å²) < 4.78 is 31.8. The molecular weight excluding hydrogens is 391 g/mol. The maximum Gasteiger partial charge on any atom is 0.191 e. The fourth-order valence-electron chi connectivity index (χ4n) is 2.84. The Bertz CT molecular complexity index is 661. The molecule has 0 aromatic heterocycles. The highest BCUT2D eigenvalue weighted by Crippen LogP contribution is 2.37. The number of nitrogens with zero attached hydrogens (tertiary/aromatic N) is 1. The van der Waals surface area contributed by atoms with Gasteiger partial charge in [0, 0.05) is 38.9 Å². The second-order valence-electron chi connectivity index (χ2n) is 9.01. The van der Waals surface area contributed by atoms with Crippen molar-refractivity contribution in [3.8, 4) is 5.75 Å². The largest absolute Gasteiger partial charge is 0.489 e. The molecule has 1 atom stereocenters. The van der Waals surface area contributed by atoms with Crippen LogP contribution in [0.2, 0.25) is 18.1 Å². The summed E-state index contributed by atoms with van der Waals surface area (Å²) in [5, 5.41) is 13.4. The molecule has 0 spiro atoms. The summed E-state index contributed by atoms with van der Waals surface area (Å²) in [6.45, 7) is 14.0. The molecule has 29 heavy (non-hydrogen) atoms. The topological polar surface area (TPSA) is 63.2 Å². The van der Waals surface area contributed by atoms with Crippen molar-refractivity contribution in [2.75, 3.05) is 56.8 Å². The standard InChI is InChI=1S/C21H37FN2O4Si/c1-21(2,3)29(5,6)28-10-7-16(25)15-27-20-14-19(17(22)13-18(20)23-4)24-8-11-26-12-9-24/h13-14,16,23,25H,7-12,15H2,1-6H3/t16-/m0/s1. The zero-order chi connectivity index (χ0) is 21.7. The van der Waals surface area contributed by atoms with Gasteiger partial charge in [0.2, 0.25) is 0 Å². The molecule has 6 nitrogen and oxygen atoms in total. The first kappa shape index (κ1) is 23.9. The minimum atomic E-state index is -1.83. The maximum atomic E-state index is 14.5. The number of nitrogens with one attached hydrogen (secondary N) is 1. The van der Waals surface area contributed by atoms with Crippen LogP contribution in [0.5, 0.6) is 5.75 Å². The number of rotatable bonds is 9. The van der Waals surface area contributed by atoms with Crippen LogP contribution in [0.4, 0.5) is 15.8 Å². The zero-order valence-electron chi connectivity index (χ0n) is 18.7. The Morgan fingerprint density at radius 1 is 1.28 bits per heavy atom. The van der Waals surface area contributed by atoms with E-state index in [1.807, 2.05) is 4.90 Å². The lowest BCUT2D eigenvalue weighted by molar-refractivity contribution is 0.0839. The van der Waals surface area contributed by atoms with Crippen LogP contribution in [0.25, 0.3) is 0 Å². The molecule has 0 unspecified atom stereocenters. The Morgan fingerprint density at radius 3 is 2.52 bits per heavy atom. The molecule has 0 saturated carbocycles. The highest BCUT2D eigenvalue weighted by molar-refractivity contribution is 6.74. The summed E-state index contributed by atoms with van der Waals surface area (Å²) in [6, 6.07) is 3.14. The maximum absolute atomic E-state index is 14.5. The number of hydrogen-bond donors (Lipinski definition) is 2. The molecule has 0 bridgehead atoms. The fraction of sp³-hybridized carbons (Fsp3) is 0.714. The molecule has 1 fully saturated rings. The average Bonchev–Trinajstić information content (AvgIpc) is 2.66. The van der Waals surface area contributed by atoms with Crippen molar-refractivity contribution in [1.82, 2.24) is 0 Å². The van der Waals surface area contributed by atoms with Gasteiger partial charge in [-0.1, -0.05) is 20.8 Å². The van der Waals surface area contributed by atoms with Crippen molar-refractivity contribution in [1.29, 1.82) is 0 Å². The Labute approximate surface area is 175 Å². The number of aliphatic hydroxyl groups excluding tert-OH is 1. The SMILES string of the molecule is CNc1cc(F)c(N2CCOCC2)cc1OC[C@@H](O)CCO[Si](C)(C)C(C)(C)C. The summed E-state index contributed by atoms with van der Waals surface area (Å²) in [4.78, 5) is 1.95. The van der Waals surface area contributed by atoms with Crippen molar-refractivity contribution in [3.63, 3.8) is 0 Å². The minimum absolute atomic E-state index is 0.129. The number of anilines is 2. The Morgan fingerprint density at radius 2 is 1.93 bits per heavy atom. The van der Waals surface area contributed by atoms with E-state index in [1.54, 1.807) is 13.1 Å². The van der Waals surface area contributed by atoms with Gasteiger partial charge in [0.05, 0.1) is 30.7 Å². The third-order valence-corrected chi connectivity index (χ3v) is 10.4. The number of hydrogen-bond acceptors (Lipinski definition) is 6. The summed E-state index contributed by atoms with van der Waals surface area (Å²) in [5.74, 6) is 0.228. The second-order valence-corrected chi connectivity index (χ2v) is 13.8. The van der Waals surface area contributed by atoms with Gasteiger partial charge in [-0.15, -0.1) is 0 Å². The van der Waals surface area contributed by atoms with Gasteiger partial charge in [0.15, 0.2) is 8.32 Å². The molecule has 0 radical (unpaired) electrons. The van der Waals surface area contributed by atoms with Crippen LogP contribution >= 0.6 is 0 Å². The Kier molecular flexibility index (Phi) is 8.34. The molecule has 1 heterocycles. The molecule has 0 aliphatic carbocycles. The molecule has 1 aromatic carbocycles. The monoisotopic (exact) mass is 428 g/mol. The van der Waals surface area contributed by atoms with Crippen LogP contribution in [0, 0.1) is 5.82 Å². The van der Waals surface area contributed by atoms with Crippen LogP contribution in [0.3, 0.4) is 0 Å². The summed E-state index contributed by atoms with van der Waals surface area (Å²) in [5.41, 5.74) is 1.06. The average molecular weight is 429 g/mol. The number of aliphatic hydroxyl groups is 1. The summed E-state index contributed by atoms with van der Waals surface area (Å²) >= 11 is 0.